The van der Waals surface area contributed by atoms with E-state index in [2.05, 4.69) is 0 Å². The third-order valence-corrected chi connectivity index (χ3v) is 9.71. The average molecular weight is 569 g/mol. The van der Waals surface area contributed by atoms with E-state index in [9.17, 15) is 13.2 Å². The Morgan fingerprint density at radius 2 is 1.82 bits per heavy atom. The van der Waals surface area contributed by atoms with Crippen LogP contribution < -0.4 is 9.21 Å². The van der Waals surface area contributed by atoms with Crippen LogP contribution in [0.5, 0.6) is 0 Å². The number of hydrogen-bond donors (Lipinski definition) is 0. The van der Waals surface area contributed by atoms with Crippen molar-refractivity contribution in [1.82, 2.24) is 9.88 Å². The van der Waals surface area contributed by atoms with Crippen molar-refractivity contribution < 1.29 is 13.2 Å². The molecule has 38 heavy (non-hydrogen) atoms. The second kappa shape index (κ2) is 10.6. The number of hydrogen-bond acceptors (Lipinski definition) is 6. The van der Waals surface area contributed by atoms with E-state index >= 15 is 0 Å². The number of carbonyl (C=O) groups excluding carboxylic acids is 1. The summed E-state index contributed by atoms with van der Waals surface area (Å²) in [6.07, 6.45) is 1.62. The molecule has 1 aliphatic rings. The van der Waals surface area contributed by atoms with Crippen LogP contribution in [0.1, 0.15) is 27.9 Å². The van der Waals surface area contributed by atoms with Crippen LogP contribution in [0.15, 0.2) is 65.6 Å². The Kier molecular flexibility index (Phi) is 7.46. The number of aryl methyl sites for hydroxylation is 2. The summed E-state index contributed by atoms with van der Waals surface area (Å²) >= 11 is 7.67. The molecule has 3 aromatic carbocycles. The Hall–Kier alpha value is -2.98. The largest absolute Gasteiger partial charge is 0.308 e. The molecule has 0 radical (unpaired) electrons. The van der Waals surface area contributed by atoms with Gasteiger partial charge in [0.05, 0.1) is 20.8 Å². The molecule has 10 heteroatoms. The summed E-state index contributed by atoms with van der Waals surface area (Å²) < 4.78 is 29.4. The highest BCUT2D eigenvalue weighted by Gasteiger charge is 2.29. The summed E-state index contributed by atoms with van der Waals surface area (Å²) in [4.78, 5) is 22.3. The summed E-state index contributed by atoms with van der Waals surface area (Å²) in [5, 5.41) is 1.21. The third-order valence-electron chi connectivity index (χ3n) is 6.64. The number of amides is 1. The number of rotatable bonds is 7. The SMILES string of the molecule is Cc1cc(Cl)cc2sc(N(CCN(C)C)C(=O)c3ccc(S(=O)(=O)N4CCCc5ccccc54)cc3)nc12. The van der Waals surface area contributed by atoms with Gasteiger partial charge in [-0.3, -0.25) is 14.0 Å². The van der Waals surface area contributed by atoms with Crippen molar-refractivity contribution in [1.29, 1.82) is 0 Å². The molecule has 2 heterocycles. The molecule has 4 aromatic rings. The zero-order chi connectivity index (χ0) is 27.0. The van der Waals surface area contributed by atoms with E-state index in [1.54, 1.807) is 17.0 Å². The molecule has 5 rings (SSSR count). The first-order chi connectivity index (χ1) is 18.1. The number of nitrogens with zero attached hydrogens (tertiary/aromatic N) is 4. The first kappa shape index (κ1) is 26.6. The molecule has 7 nitrogen and oxygen atoms in total. The highest BCUT2D eigenvalue weighted by Crippen LogP contribution is 2.34. The van der Waals surface area contributed by atoms with Gasteiger partial charge in [-0.1, -0.05) is 41.1 Å². The van der Waals surface area contributed by atoms with Gasteiger partial charge < -0.3 is 4.90 Å². The first-order valence-corrected chi connectivity index (χ1v) is 15.0. The van der Waals surface area contributed by atoms with Gasteiger partial charge in [-0.25, -0.2) is 13.4 Å². The lowest BCUT2D eigenvalue weighted by molar-refractivity contribution is 0.0985. The molecule has 0 spiro atoms. The van der Waals surface area contributed by atoms with Crippen LogP contribution in [0, 0.1) is 6.92 Å². The van der Waals surface area contributed by atoms with Crippen LogP contribution in [0.4, 0.5) is 10.8 Å². The molecular weight excluding hydrogens is 540 g/mol. The molecule has 0 atom stereocenters. The Labute approximate surface area is 232 Å². The molecule has 0 N–H and O–H groups in total. The maximum Gasteiger partial charge on any atom is 0.264 e. The molecule has 1 aliphatic heterocycles. The van der Waals surface area contributed by atoms with Gasteiger partial charge in [0.2, 0.25) is 0 Å². The minimum Gasteiger partial charge on any atom is -0.308 e. The average Bonchev–Trinajstić information content (AvgIpc) is 3.32. The van der Waals surface area contributed by atoms with Gasteiger partial charge >= 0.3 is 0 Å². The van der Waals surface area contributed by atoms with Gasteiger partial charge in [-0.15, -0.1) is 0 Å². The number of anilines is 2. The zero-order valence-corrected chi connectivity index (χ0v) is 23.9. The van der Waals surface area contributed by atoms with Crippen LogP contribution >= 0.6 is 22.9 Å². The lowest BCUT2D eigenvalue weighted by Gasteiger charge is -2.30. The van der Waals surface area contributed by atoms with Crippen molar-refractivity contribution in [3.8, 4) is 0 Å². The fraction of sp³-hybridized carbons (Fsp3) is 0.286. The molecule has 198 valence electrons. The lowest BCUT2D eigenvalue weighted by atomic mass is 10.0. The van der Waals surface area contributed by atoms with Crippen LogP contribution in [-0.4, -0.2) is 57.9 Å². The summed E-state index contributed by atoms with van der Waals surface area (Å²) in [6.45, 7) is 3.45. The van der Waals surface area contributed by atoms with Gasteiger partial charge in [0.25, 0.3) is 15.9 Å². The molecular formula is C28H29ClN4O3S2. The first-order valence-electron chi connectivity index (χ1n) is 12.4. The predicted octanol–water partition coefficient (Wildman–Crippen LogP) is 5.61. The molecule has 0 saturated heterocycles. The predicted molar refractivity (Wildman–Crippen MR) is 155 cm³/mol. The van der Waals surface area contributed by atoms with Crippen LogP contribution in [0.2, 0.25) is 5.02 Å². The highest BCUT2D eigenvalue weighted by atomic mass is 35.5. The van der Waals surface area contributed by atoms with Crippen molar-refractivity contribution in [2.75, 3.05) is 42.9 Å². The number of fused-ring (bicyclic) bond motifs is 2. The maximum atomic E-state index is 13.7. The minimum absolute atomic E-state index is 0.163. The minimum atomic E-state index is -3.76. The summed E-state index contributed by atoms with van der Waals surface area (Å²) in [6, 6.07) is 17.5. The Morgan fingerprint density at radius 1 is 1.08 bits per heavy atom. The molecule has 1 amide bonds. The highest BCUT2D eigenvalue weighted by molar-refractivity contribution is 7.92. The summed E-state index contributed by atoms with van der Waals surface area (Å²) in [5.74, 6) is -0.234. The quantitative estimate of drug-likeness (QED) is 0.290. The number of para-hydroxylation sites is 1. The molecule has 1 aromatic heterocycles. The number of aromatic nitrogens is 1. The fourth-order valence-corrected chi connectivity index (χ4v) is 7.63. The summed E-state index contributed by atoms with van der Waals surface area (Å²) in [5.41, 5.74) is 3.91. The standard InChI is InChI=1S/C28H29ClN4O3S2/c1-19-17-22(29)18-25-26(19)30-28(37-25)32(16-15-31(2)3)27(34)21-10-12-23(13-11-21)38(35,36)33-14-6-8-20-7-4-5-9-24(20)33/h4-5,7,9-13,17-18H,6,8,14-16H2,1-3H3. The van der Waals surface area contributed by atoms with Gasteiger partial charge in [-0.2, -0.15) is 0 Å². The van der Waals surface area contributed by atoms with Gasteiger partial charge in [0.15, 0.2) is 5.13 Å². The Bertz CT molecular complexity index is 1600. The number of thiazole rings is 1. The Morgan fingerprint density at radius 3 is 2.55 bits per heavy atom. The van der Waals surface area contributed by atoms with Crippen molar-refractivity contribution in [2.45, 2.75) is 24.7 Å². The Balaban J connectivity index is 1.45. The number of sulfonamides is 1. The molecule has 0 fully saturated rings. The third kappa shape index (κ3) is 5.16. The van der Waals surface area contributed by atoms with Crippen molar-refractivity contribution in [3.63, 3.8) is 0 Å². The molecule has 0 bridgehead atoms. The smallest absolute Gasteiger partial charge is 0.264 e. The maximum absolute atomic E-state index is 13.7. The molecule has 0 saturated carbocycles. The van der Waals surface area contributed by atoms with E-state index in [0.717, 1.165) is 39.9 Å². The number of halogens is 1. The molecule has 0 aliphatic carbocycles. The second-order valence-electron chi connectivity index (χ2n) is 9.66. The second-order valence-corrected chi connectivity index (χ2v) is 13.0. The van der Waals surface area contributed by atoms with Crippen molar-refractivity contribution in [2.24, 2.45) is 0 Å². The topological polar surface area (TPSA) is 73.8 Å². The van der Waals surface area contributed by atoms with E-state index in [1.807, 2.05) is 62.3 Å². The van der Waals surface area contributed by atoms with E-state index in [0.29, 0.717) is 35.4 Å². The number of carbonyl (C=O) groups is 1. The van der Waals surface area contributed by atoms with E-state index in [1.165, 1.54) is 27.8 Å². The zero-order valence-electron chi connectivity index (χ0n) is 21.5. The molecule has 0 unspecified atom stereocenters. The van der Waals surface area contributed by atoms with Crippen LogP contribution in [0.25, 0.3) is 10.2 Å². The van der Waals surface area contributed by atoms with Crippen LogP contribution in [-0.2, 0) is 16.4 Å². The number of likely N-dealkylation sites (N-methyl/N-ethyl adjacent to an activating group) is 1. The number of benzene rings is 3. The van der Waals surface area contributed by atoms with Gasteiger partial charge in [0.1, 0.15) is 0 Å². The van der Waals surface area contributed by atoms with E-state index in [4.69, 9.17) is 16.6 Å². The van der Waals surface area contributed by atoms with Crippen LogP contribution in [0.3, 0.4) is 0 Å². The monoisotopic (exact) mass is 568 g/mol. The van der Waals surface area contributed by atoms with E-state index < -0.39 is 10.0 Å². The van der Waals surface area contributed by atoms with E-state index in [-0.39, 0.29) is 10.8 Å². The fourth-order valence-electron chi connectivity index (χ4n) is 4.64. The summed E-state index contributed by atoms with van der Waals surface area (Å²) in [7, 11) is 0.137. The van der Waals surface area contributed by atoms with Crippen molar-refractivity contribution in [3.05, 3.63) is 82.4 Å². The normalized spacial score (nSPS) is 13.7. The van der Waals surface area contributed by atoms with Gasteiger partial charge in [-0.05, 0) is 87.5 Å². The lowest BCUT2D eigenvalue weighted by Crippen LogP contribution is -2.37. The van der Waals surface area contributed by atoms with Gasteiger partial charge in [0, 0.05) is 30.2 Å². The van der Waals surface area contributed by atoms with Crippen molar-refractivity contribution >= 4 is 59.9 Å².